The van der Waals surface area contributed by atoms with Crippen molar-refractivity contribution >= 4 is 18.0 Å². The van der Waals surface area contributed by atoms with Gasteiger partial charge >= 0.3 is 11.8 Å². The van der Waals surface area contributed by atoms with Gasteiger partial charge in [0, 0.05) is 20.3 Å². The zero-order valence-corrected chi connectivity index (χ0v) is 13.7. The summed E-state index contributed by atoms with van der Waals surface area (Å²) in [5, 5.41) is 6.22. The first kappa shape index (κ1) is 18.6. The Morgan fingerprint density at radius 2 is 1.91 bits per heavy atom. The lowest BCUT2D eigenvalue weighted by Crippen LogP contribution is -2.38. The quantitative estimate of drug-likeness (QED) is 0.324. The first-order valence-corrected chi connectivity index (χ1v) is 7.40. The molecule has 1 rings (SSSR count). The fraction of sp³-hybridized carbons (Fsp3) is 0.438. The third-order valence-corrected chi connectivity index (χ3v) is 2.65. The molecule has 0 aliphatic carbocycles. The lowest BCUT2D eigenvalue weighted by molar-refractivity contribution is -0.139. The second-order valence-corrected chi connectivity index (χ2v) is 5.04. The standard InChI is InChI=1S/C16H23N3O4/c1-12(2)23-14-7-5-13(6-8-14)11-18-19-16(21)15(20)17-9-4-10-22-3/h5-8,11-12H,4,9-10H2,1-3H3,(H,17,20)(H,19,21)/b18-11-. The van der Waals surface area contributed by atoms with Crippen molar-refractivity contribution in [3.8, 4) is 5.75 Å². The topological polar surface area (TPSA) is 89.0 Å². The second kappa shape index (κ2) is 10.3. The van der Waals surface area contributed by atoms with Crippen LogP contribution in [-0.4, -0.2) is 44.4 Å². The molecule has 0 aliphatic rings. The molecule has 0 fully saturated rings. The van der Waals surface area contributed by atoms with Crippen LogP contribution in [0.2, 0.25) is 0 Å². The number of nitrogens with zero attached hydrogens (tertiary/aromatic N) is 1. The summed E-state index contributed by atoms with van der Waals surface area (Å²) in [7, 11) is 1.57. The van der Waals surface area contributed by atoms with Gasteiger partial charge in [-0.25, -0.2) is 5.43 Å². The van der Waals surface area contributed by atoms with Crippen LogP contribution in [0.4, 0.5) is 0 Å². The van der Waals surface area contributed by atoms with Crippen molar-refractivity contribution in [1.29, 1.82) is 0 Å². The Morgan fingerprint density at radius 1 is 1.22 bits per heavy atom. The van der Waals surface area contributed by atoms with Gasteiger partial charge in [0.05, 0.1) is 12.3 Å². The third-order valence-electron chi connectivity index (χ3n) is 2.65. The molecule has 1 aromatic rings. The van der Waals surface area contributed by atoms with Crippen molar-refractivity contribution in [1.82, 2.24) is 10.7 Å². The molecule has 0 aliphatic heterocycles. The van der Waals surface area contributed by atoms with Gasteiger partial charge in [-0.1, -0.05) is 0 Å². The molecule has 7 nitrogen and oxygen atoms in total. The molecule has 23 heavy (non-hydrogen) atoms. The van der Waals surface area contributed by atoms with Gasteiger partial charge in [0.25, 0.3) is 0 Å². The van der Waals surface area contributed by atoms with Crippen LogP contribution in [0.25, 0.3) is 0 Å². The van der Waals surface area contributed by atoms with E-state index in [2.05, 4.69) is 15.8 Å². The van der Waals surface area contributed by atoms with Gasteiger partial charge in [-0.15, -0.1) is 0 Å². The molecule has 0 radical (unpaired) electrons. The van der Waals surface area contributed by atoms with E-state index in [0.29, 0.717) is 19.6 Å². The molecular formula is C16H23N3O4. The number of carbonyl (C=O) groups is 2. The van der Waals surface area contributed by atoms with E-state index in [1.807, 2.05) is 26.0 Å². The molecule has 0 saturated heterocycles. The van der Waals surface area contributed by atoms with Gasteiger partial charge in [-0.2, -0.15) is 5.10 Å². The van der Waals surface area contributed by atoms with E-state index in [4.69, 9.17) is 9.47 Å². The molecule has 0 bridgehead atoms. The number of rotatable bonds is 8. The highest BCUT2D eigenvalue weighted by molar-refractivity contribution is 6.35. The van der Waals surface area contributed by atoms with Crippen LogP contribution >= 0.6 is 0 Å². The summed E-state index contributed by atoms with van der Waals surface area (Å²) in [5.41, 5.74) is 2.95. The highest BCUT2D eigenvalue weighted by Gasteiger charge is 2.11. The first-order valence-electron chi connectivity index (χ1n) is 7.40. The van der Waals surface area contributed by atoms with Gasteiger partial charge in [0.1, 0.15) is 5.75 Å². The van der Waals surface area contributed by atoms with Gasteiger partial charge in [0.2, 0.25) is 0 Å². The van der Waals surface area contributed by atoms with E-state index < -0.39 is 11.8 Å². The fourth-order valence-corrected chi connectivity index (χ4v) is 1.62. The third kappa shape index (κ3) is 7.96. The fourth-order valence-electron chi connectivity index (χ4n) is 1.62. The smallest absolute Gasteiger partial charge is 0.329 e. The zero-order chi connectivity index (χ0) is 17.1. The van der Waals surface area contributed by atoms with Crippen LogP contribution < -0.4 is 15.5 Å². The Balaban J connectivity index is 2.36. The van der Waals surface area contributed by atoms with E-state index in [0.717, 1.165) is 11.3 Å². The molecule has 0 heterocycles. The first-order chi connectivity index (χ1) is 11.0. The highest BCUT2D eigenvalue weighted by Crippen LogP contribution is 2.12. The minimum atomic E-state index is -0.807. The molecule has 1 aromatic carbocycles. The molecule has 0 saturated carbocycles. The summed E-state index contributed by atoms with van der Waals surface area (Å²) in [4.78, 5) is 22.9. The predicted octanol–water partition coefficient (Wildman–Crippen LogP) is 1.08. The highest BCUT2D eigenvalue weighted by atomic mass is 16.5. The average molecular weight is 321 g/mol. The largest absolute Gasteiger partial charge is 0.491 e. The lowest BCUT2D eigenvalue weighted by Gasteiger charge is -2.09. The number of amides is 2. The van der Waals surface area contributed by atoms with Crippen molar-refractivity contribution in [3.63, 3.8) is 0 Å². The predicted molar refractivity (Wildman–Crippen MR) is 87.4 cm³/mol. The normalized spacial score (nSPS) is 10.8. The van der Waals surface area contributed by atoms with E-state index in [1.165, 1.54) is 6.21 Å². The molecule has 7 heteroatoms. The van der Waals surface area contributed by atoms with Crippen LogP contribution in [0.1, 0.15) is 25.8 Å². The van der Waals surface area contributed by atoms with Gasteiger partial charge in [0.15, 0.2) is 0 Å². The lowest BCUT2D eigenvalue weighted by atomic mass is 10.2. The van der Waals surface area contributed by atoms with Crippen LogP contribution in [0.5, 0.6) is 5.75 Å². The van der Waals surface area contributed by atoms with Crippen molar-refractivity contribution in [2.24, 2.45) is 5.10 Å². The number of carbonyl (C=O) groups excluding carboxylic acids is 2. The van der Waals surface area contributed by atoms with Gasteiger partial charge < -0.3 is 14.8 Å². The Bertz CT molecular complexity index is 527. The van der Waals surface area contributed by atoms with Crippen molar-refractivity contribution < 1.29 is 19.1 Å². The number of nitrogens with one attached hydrogen (secondary N) is 2. The molecule has 2 N–H and O–H groups in total. The molecule has 0 spiro atoms. The summed E-state index contributed by atoms with van der Waals surface area (Å²) in [5.74, 6) is -0.769. The van der Waals surface area contributed by atoms with E-state index in [-0.39, 0.29) is 6.10 Å². The Hall–Kier alpha value is -2.41. The number of hydrogen-bond donors (Lipinski definition) is 2. The summed E-state index contributed by atoms with van der Waals surface area (Å²) in [6, 6.07) is 7.23. The number of hydrogen-bond acceptors (Lipinski definition) is 5. The Labute approximate surface area is 136 Å². The minimum absolute atomic E-state index is 0.108. The van der Waals surface area contributed by atoms with Gasteiger partial charge in [-0.05, 0) is 50.1 Å². The molecule has 0 unspecified atom stereocenters. The summed E-state index contributed by atoms with van der Waals surface area (Å²) >= 11 is 0. The molecule has 2 amide bonds. The maximum absolute atomic E-state index is 11.5. The minimum Gasteiger partial charge on any atom is -0.491 e. The van der Waals surface area contributed by atoms with Crippen molar-refractivity contribution in [2.45, 2.75) is 26.4 Å². The monoisotopic (exact) mass is 321 g/mol. The Morgan fingerprint density at radius 3 is 2.52 bits per heavy atom. The molecule has 0 aromatic heterocycles. The van der Waals surface area contributed by atoms with E-state index >= 15 is 0 Å². The zero-order valence-electron chi connectivity index (χ0n) is 13.7. The van der Waals surface area contributed by atoms with Crippen LogP contribution in [0, 0.1) is 0 Å². The van der Waals surface area contributed by atoms with Gasteiger partial charge in [-0.3, -0.25) is 9.59 Å². The maximum atomic E-state index is 11.5. The maximum Gasteiger partial charge on any atom is 0.329 e. The Kier molecular flexibility index (Phi) is 8.38. The summed E-state index contributed by atoms with van der Waals surface area (Å²) in [6.45, 7) is 4.80. The number of ether oxygens (including phenoxy) is 2. The van der Waals surface area contributed by atoms with E-state index in [1.54, 1.807) is 19.2 Å². The van der Waals surface area contributed by atoms with E-state index in [9.17, 15) is 9.59 Å². The van der Waals surface area contributed by atoms with Crippen molar-refractivity contribution in [2.75, 3.05) is 20.3 Å². The second-order valence-electron chi connectivity index (χ2n) is 5.04. The molecule has 126 valence electrons. The van der Waals surface area contributed by atoms with Crippen LogP contribution in [-0.2, 0) is 14.3 Å². The average Bonchev–Trinajstić information content (AvgIpc) is 2.52. The number of methoxy groups -OCH3 is 1. The number of benzene rings is 1. The summed E-state index contributed by atoms with van der Waals surface area (Å²) < 4.78 is 10.4. The van der Waals surface area contributed by atoms with Crippen LogP contribution in [0.3, 0.4) is 0 Å². The molecule has 0 atom stereocenters. The van der Waals surface area contributed by atoms with Crippen molar-refractivity contribution in [3.05, 3.63) is 29.8 Å². The van der Waals surface area contributed by atoms with Crippen LogP contribution in [0.15, 0.2) is 29.4 Å². The SMILES string of the molecule is COCCCNC(=O)C(=O)N/N=C\c1ccc(OC(C)C)cc1. The summed E-state index contributed by atoms with van der Waals surface area (Å²) in [6.07, 6.45) is 2.20. The molecular weight excluding hydrogens is 298 g/mol. The number of hydrazone groups is 1.